The predicted molar refractivity (Wildman–Crippen MR) is 64.2 cm³/mol. The van der Waals surface area contributed by atoms with Crippen molar-refractivity contribution in [2.75, 3.05) is 39.3 Å². The molecule has 0 aromatic rings. The summed E-state index contributed by atoms with van der Waals surface area (Å²) >= 11 is 0. The number of nitrogens with zero attached hydrogens (tertiary/aromatic N) is 1. The Kier molecular flexibility index (Phi) is 6.22. The van der Waals surface area contributed by atoms with Crippen molar-refractivity contribution in [2.45, 2.75) is 33.3 Å². The van der Waals surface area contributed by atoms with Crippen molar-refractivity contribution in [1.29, 1.82) is 0 Å². The van der Waals surface area contributed by atoms with Crippen LogP contribution in [0.25, 0.3) is 0 Å². The predicted octanol–water partition coefficient (Wildman–Crippen LogP) is 1.34. The lowest BCUT2D eigenvalue weighted by molar-refractivity contribution is -0.0346. The van der Waals surface area contributed by atoms with E-state index in [1.54, 1.807) is 0 Å². The monoisotopic (exact) mass is 214 g/mol. The van der Waals surface area contributed by atoms with Crippen molar-refractivity contribution in [3.63, 3.8) is 0 Å². The van der Waals surface area contributed by atoms with E-state index in [2.05, 4.69) is 31.0 Å². The van der Waals surface area contributed by atoms with E-state index < -0.39 is 0 Å². The maximum atomic E-state index is 5.75. The minimum atomic E-state index is 0.441. The molecule has 0 amide bonds. The van der Waals surface area contributed by atoms with Crippen molar-refractivity contribution >= 4 is 0 Å². The molecule has 1 fully saturated rings. The van der Waals surface area contributed by atoms with Gasteiger partial charge < -0.3 is 10.1 Å². The third-order valence-electron chi connectivity index (χ3n) is 2.74. The number of morpholine rings is 1. The molecule has 0 spiro atoms. The van der Waals surface area contributed by atoms with Gasteiger partial charge in [0.1, 0.15) is 0 Å². The van der Waals surface area contributed by atoms with E-state index in [4.69, 9.17) is 4.74 Å². The highest BCUT2D eigenvalue weighted by Crippen LogP contribution is 2.10. The van der Waals surface area contributed by atoms with Crippen LogP contribution in [0.5, 0.6) is 0 Å². The van der Waals surface area contributed by atoms with Gasteiger partial charge in [-0.2, -0.15) is 0 Å². The zero-order valence-electron chi connectivity index (χ0n) is 10.5. The van der Waals surface area contributed by atoms with Crippen LogP contribution >= 0.6 is 0 Å². The third-order valence-corrected chi connectivity index (χ3v) is 2.74. The summed E-state index contributed by atoms with van der Waals surface area (Å²) in [6, 6.07) is 0. The molecule has 3 nitrogen and oxygen atoms in total. The molecule has 1 heterocycles. The van der Waals surface area contributed by atoms with E-state index in [1.165, 1.54) is 6.54 Å². The Morgan fingerprint density at radius 1 is 1.47 bits per heavy atom. The van der Waals surface area contributed by atoms with E-state index >= 15 is 0 Å². The summed E-state index contributed by atoms with van der Waals surface area (Å²) in [5, 5.41) is 3.35. The summed E-state index contributed by atoms with van der Waals surface area (Å²) in [6.45, 7) is 13.2. The van der Waals surface area contributed by atoms with Gasteiger partial charge in [0, 0.05) is 19.6 Å². The topological polar surface area (TPSA) is 24.5 Å². The molecule has 0 saturated carbocycles. The number of ether oxygens (including phenoxy) is 1. The van der Waals surface area contributed by atoms with Crippen molar-refractivity contribution in [1.82, 2.24) is 10.2 Å². The molecular weight excluding hydrogens is 188 g/mol. The molecule has 1 aliphatic heterocycles. The summed E-state index contributed by atoms with van der Waals surface area (Å²) in [7, 11) is 0. The maximum Gasteiger partial charge on any atom is 0.0714 e. The quantitative estimate of drug-likeness (QED) is 0.675. The molecule has 0 bridgehead atoms. The van der Waals surface area contributed by atoms with Gasteiger partial charge in [-0.05, 0) is 25.4 Å². The Morgan fingerprint density at radius 2 is 2.27 bits per heavy atom. The highest BCUT2D eigenvalue weighted by molar-refractivity contribution is 4.72. The van der Waals surface area contributed by atoms with Gasteiger partial charge in [-0.25, -0.2) is 0 Å². The average Bonchev–Trinajstić information content (AvgIpc) is 2.18. The summed E-state index contributed by atoms with van der Waals surface area (Å²) in [5.74, 6) is 0.762. The van der Waals surface area contributed by atoms with Gasteiger partial charge in [0.2, 0.25) is 0 Å². The molecule has 0 radical (unpaired) electrons. The van der Waals surface area contributed by atoms with E-state index in [-0.39, 0.29) is 0 Å². The zero-order chi connectivity index (χ0) is 11.1. The molecule has 15 heavy (non-hydrogen) atoms. The largest absolute Gasteiger partial charge is 0.376 e. The lowest BCUT2D eigenvalue weighted by Gasteiger charge is -2.34. The van der Waals surface area contributed by atoms with Gasteiger partial charge in [0.05, 0.1) is 12.7 Å². The van der Waals surface area contributed by atoms with E-state index in [0.29, 0.717) is 6.10 Å². The first-order chi connectivity index (χ1) is 7.22. The Balaban J connectivity index is 2.17. The van der Waals surface area contributed by atoms with Gasteiger partial charge in [0.15, 0.2) is 0 Å². The van der Waals surface area contributed by atoms with Crippen LogP contribution in [0.4, 0.5) is 0 Å². The number of rotatable bonds is 6. The molecule has 0 aromatic carbocycles. The first kappa shape index (κ1) is 12.9. The fraction of sp³-hybridized carbons (Fsp3) is 1.00. The molecule has 90 valence electrons. The molecule has 1 aliphatic rings. The average molecular weight is 214 g/mol. The Bertz CT molecular complexity index is 162. The van der Waals surface area contributed by atoms with Gasteiger partial charge in [0.25, 0.3) is 0 Å². The molecule has 0 aromatic heterocycles. The number of hydrogen-bond donors (Lipinski definition) is 1. The van der Waals surface area contributed by atoms with Crippen LogP contribution in [0, 0.1) is 5.92 Å². The second-order valence-corrected chi connectivity index (χ2v) is 4.79. The second kappa shape index (κ2) is 7.20. The highest BCUT2D eigenvalue weighted by Gasteiger charge is 2.20. The van der Waals surface area contributed by atoms with E-state index in [9.17, 15) is 0 Å². The summed E-state index contributed by atoms with van der Waals surface area (Å²) in [5.41, 5.74) is 0. The first-order valence-corrected chi connectivity index (χ1v) is 6.27. The van der Waals surface area contributed by atoms with Crippen LogP contribution in [0.1, 0.15) is 27.2 Å². The number of hydrogen-bond acceptors (Lipinski definition) is 3. The van der Waals surface area contributed by atoms with Gasteiger partial charge in [-0.3, -0.25) is 4.90 Å². The summed E-state index contributed by atoms with van der Waals surface area (Å²) in [4.78, 5) is 2.53. The van der Waals surface area contributed by atoms with Gasteiger partial charge in [-0.1, -0.05) is 20.8 Å². The fourth-order valence-corrected chi connectivity index (χ4v) is 2.08. The van der Waals surface area contributed by atoms with Gasteiger partial charge in [-0.15, -0.1) is 0 Å². The summed E-state index contributed by atoms with van der Waals surface area (Å²) < 4.78 is 5.75. The van der Waals surface area contributed by atoms with Crippen LogP contribution in [-0.4, -0.2) is 50.3 Å². The lowest BCUT2D eigenvalue weighted by Crippen LogP contribution is -2.44. The number of nitrogens with one attached hydrogen (secondary N) is 1. The van der Waals surface area contributed by atoms with Crippen LogP contribution in [0.15, 0.2) is 0 Å². The van der Waals surface area contributed by atoms with Crippen molar-refractivity contribution in [3.05, 3.63) is 0 Å². The zero-order valence-corrected chi connectivity index (χ0v) is 10.5. The van der Waals surface area contributed by atoms with E-state index in [0.717, 1.165) is 45.1 Å². The molecule has 1 atom stereocenters. The molecule has 1 saturated heterocycles. The van der Waals surface area contributed by atoms with Crippen LogP contribution < -0.4 is 5.32 Å². The van der Waals surface area contributed by atoms with Gasteiger partial charge >= 0.3 is 0 Å². The molecule has 1 unspecified atom stereocenters. The van der Waals surface area contributed by atoms with Crippen molar-refractivity contribution in [3.8, 4) is 0 Å². The Morgan fingerprint density at radius 3 is 2.93 bits per heavy atom. The second-order valence-electron chi connectivity index (χ2n) is 4.79. The molecule has 3 heteroatoms. The lowest BCUT2D eigenvalue weighted by atomic mass is 10.1. The van der Waals surface area contributed by atoms with Crippen LogP contribution in [0.3, 0.4) is 0 Å². The minimum Gasteiger partial charge on any atom is -0.376 e. The molecule has 1 rings (SSSR count). The van der Waals surface area contributed by atoms with Crippen LogP contribution in [-0.2, 0) is 4.74 Å². The first-order valence-electron chi connectivity index (χ1n) is 6.27. The Labute approximate surface area is 94.2 Å². The van der Waals surface area contributed by atoms with Crippen LogP contribution in [0.2, 0.25) is 0 Å². The Hall–Kier alpha value is -0.120. The fourth-order valence-electron chi connectivity index (χ4n) is 2.08. The molecule has 0 aliphatic carbocycles. The highest BCUT2D eigenvalue weighted by atomic mass is 16.5. The van der Waals surface area contributed by atoms with Crippen molar-refractivity contribution < 1.29 is 4.74 Å². The summed E-state index contributed by atoms with van der Waals surface area (Å²) in [6.07, 6.45) is 1.58. The maximum absolute atomic E-state index is 5.75. The normalized spacial score (nSPS) is 23.6. The van der Waals surface area contributed by atoms with Crippen molar-refractivity contribution in [2.24, 2.45) is 5.92 Å². The van der Waals surface area contributed by atoms with E-state index in [1.807, 2.05) is 0 Å². The third kappa shape index (κ3) is 5.50. The standard InChI is InChI=1S/C12H26N2O/c1-4-13-6-5-12-10-14(7-8-15-12)9-11(2)3/h11-13H,4-10H2,1-3H3. The minimum absolute atomic E-state index is 0.441. The SMILES string of the molecule is CCNCCC1CN(CC(C)C)CCO1. The molecular formula is C12H26N2O. The smallest absolute Gasteiger partial charge is 0.0714 e. The molecule has 1 N–H and O–H groups in total.